The number of aliphatic hydroxyl groups is 1. The van der Waals surface area contributed by atoms with Crippen molar-refractivity contribution in [1.82, 2.24) is 14.9 Å². The lowest BCUT2D eigenvalue weighted by Crippen LogP contribution is -2.43. The predicted octanol–water partition coefficient (Wildman–Crippen LogP) is -1.30. The summed E-state index contributed by atoms with van der Waals surface area (Å²) in [6.07, 6.45) is 0.458. The summed E-state index contributed by atoms with van der Waals surface area (Å²) >= 11 is 0. The Labute approximate surface area is 94.1 Å². The van der Waals surface area contributed by atoms with Crippen molar-refractivity contribution in [3.05, 3.63) is 11.9 Å². The molecule has 7 nitrogen and oxygen atoms in total. The fourth-order valence-electron chi connectivity index (χ4n) is 1.06. The van der Waals surface area contributed by atoms with Crippen molar-refractivity contribution in [1.29, 1.82) is 0 Å². The minimum atomic E-state index is -3.61. The number of nitrogens with one attached hydrogen (secondary N) is 2. The standard InChI is InChI=1S/C8H16N4O3S/c1-5-8(4-10-12-5)16(14,15)11-3-7(9)6(2)13/h4,6-7,11,13H,3,9H2,1-2H3,(H,10,12). The maximum atomic E-state index is 11.7. The van der Waals surface area contributed by atoms with Gasteiger partial charge in [-0.3, -0.25) is 5.10 Å². The fourth-order valence-corrected chi connectivity index (χ4v) is 2.27. The molecule has 1 rings (SSSR count). The van der Waals surface area contributed by atoms with Crippen molar-refractivity contribution >= 4 is 10.0 Å². The zero-order chi connectivity index (χ0) is 12.3. The molecule has 0 radical (unpaired) electrons. The van der Waals surface area contributed by atoms with Crippen LogP contribution in [0, 0.1) is 6.92 Å². The van der Waals surface area contributed by atoms with E-state index in [1.54, 1.807) is 6.92 Å². The summed E-state index contributed by atoms with van der Waals surface area (Å²) in [5.74, 6) is 0. The number of hydrogen-bond donors (Lipinski definition) is 4. The minimum absolute atomic E-state index is 0.0232. The van der Waals surface area contributed by atoms with Crippen LogP contribution in [-0.2, 0) is 10.0 Å². The molecule has 0 fully saturated rings. The van der Waals surface area contributed by atoms with Crippen molar-refractivity contribution in [2.45, 2.75) is 30.9 Å². The third-order valence-electron chi connectivity index (χ3n) is 2.20. The van der Waals surface area contributed by atoms with Crippen LogP contribution in [0.25, 0.3) is 0 Å². The summed E-state index contributed by atoms with van der Waals surface area (Å²) in [6, 6.07) is -0.637. The van der Waals surface area contributed by atoms with E-state index in [4.69, 9.17) is 10.8 Å². The molecule has 1 aromatic rings. The largest absolute Gasteiger partial charge is 0.392 e. The van der Waals surface area contributed by atoms with Crippen LogP contribution >= 0.6 is 0 Å². The van der Waals surface area contributed by atoms with Gasteiger partial charge in [0.05, 0.1) is 18.0 Å². The highest BCUT2D eigenvalue weighted by Crippen LogP contribution is 2.10. The van der Waals surface area contributed by atoms with Crippen LogP contribution in [0.2, 0.25) is 0 Å². The highest BCUT2D eigenvalue weighted by molar-refractivity contribution is 7.89. The first kappa shape index (κ1) is 13.1. The van der Waals surface area contributed by atoms with Crippen molar-refractivity contribution in [3.8, 4) is 0 Å². The summed E-state index contributed by atoms with van der Waals surface area (Å²) < 4.78 is 25.8. The van der Waals surface area contributed by atoms with Gasteiger partial charge < -0.3 is 10.8 Å². The number of aromatic nitrogens is 2. The molecule has 2 unspecified atom stereocenters. The van der Waals surface area contributed by atoms with Crippen LogP contribution < -0.4 is 10.5 Å². The van der Waals surface area contributed by atoms with Gasteiger partial charge in [-0.15, -0.1) is 0 Å². The second-order valence-corrected chi connectivity index (χ2v) is 5.35. The van der Waals surface area contributed by atoms with Crippen molar-refractivity contribution in [2.75, 3.05) is 6.54 Å². The van der Waals surface area contributed by atoms with E-state index in [9.17, 15) is 8.42 Å². The first-order valence-corrected chi connectivity index (χ1v) is 6.26. The number of aryl methyl sites for hydroxylation is 1. The molecule has 0 aliphatic carbocycles. The van der Waals surface area contributed by atoms with Gasteiger partial charge in [-0.2, -0.15) is 5.10 Å². The van der Waals surface area contributed by atoms with E-state index < -0.39 is 22.2 Å². The lowest BCUT2D eigenvalue weighted by atomic mass is 10.2. The highest BCUT2D eigenvalue weighted by atomic mass is 32.2. The molecule has 0 aromatic carbocycles. The average molecular weight is 248 g/mol. The quantitative estimate of drug-likeness (QED) is 0.516. The Kier molecular flexibility index (Phi) is 4.03. The third kappa shape index (κ3) is 3.01. The minimum Gasteiger partial charge on any atom is -0.392 e. The normalized spacial score (nSPS) is 16.0. The van der Waals surface area contributed by atoms with Crippen LogP contribution in [-0.4, -0.2) is 42.4 Å². The molecule has 1 aromatic heterocycles. The Hall–Kier alpha value is -0.960. The third-order valence-corrected chi connectivity index (χ3v) is 3.74. The summed E-state index contributed by atoms with van der Waals surface area (Å²) in [5, 5.41) is 15.3. The number of nitrogens with two attached hydrogens (primary N) is 1. The molecule has 2 atom stereocenters. The number of rotatable bonds is 5. The summed E-state index contributed by atoms with van der Waals surface area (Å²) in [6.45, 7) is 3.09. The van der Waals surface area contributed by atoms with Crippen LogP contribution in [0.15, 0.2) is 11.1 Å². The van der Waals surface area contributed by atoms with E-state index in [0.717, 1.165) is 0 Å². The smallest absolute Gasteiger partial charge is 0.244 e. The molecular weight excluding hydrogens is 232 g/mol. The Bertz CT molecular complexity index is 440. The van der Waals surface area contributed by atoms with Gasteiger partial charge in [0.25, 0.3) is 0 Å². The van der Waals surface area contributed by atoms with Gasteiger partial charge in [0.1, 0.15) is 4.90 Å². The first-order chi connectivity index (χ1) is 7.34. The lowest BCUT2D eigenvalue weighted by Gasteiger charge is -2.15. The van der Waals surface area contributed by atoms with Gasteiger partial charge in [0.15, 0.2) is 0 Å². The molecule has 0 aliphatic heterocycles. The number of aromatic amines is 1. The van der Waals surface area contributed by atoms with Gasteiger partial charge in [-0.25, -0.2) is 13.1 Å². The van der Waals surface area contributed by atoms with E-state index in [0.29, 0.717) is 5.69 Å². The molecule has 0 saturated carbocycles. The van der Waals surface area contributed by atoms with Crippen LogP contribution in [0.4, 0.5) is 0 Å². The number of aliphatic hydroxyl groups excluding tert-OH is 1. The van der Waals surface area contributed by atoms with Gasteiger partial charge in [0.2, 0.25) is 10.0 Å². The molecule has 0 spiro atoms. The summed E-state index contributed by atoms with van der Waals surface area (Å²) in [4.78, 5) is 0.0882. The molecule has 0 bridgehead atoms. The topological polar surface area (TPSA) is 121 Å². The number of hydrogen-bond acceptors (Lipinski definition) is 5. The molecule has 0 aliphatic rings. The maximum Gasteiger partial charge on any atom is 0.244 e. The Morgan fingerprint density at radius 1 is 1.69 bits per heavy atom. The predicted molar refractivity (Wildman–Crippen MR) is 58.2 cm³/mol. The molecule has 5 N–H and O–H groups in total. The van der Waals surface area contributed by atoms with Crippen LogP contribution in [0.1, 0.15) is 12.6 Å². The fraction of sp³-hybridized carbons (Fsp3) is 0.625. The number of H-pyrrole nitrogens is 1. The van der Waals surface area contributed by atoms with E-state index in [1.165, 1.54) is 13.1 Å². The van der Waals surface area contributed by atoms with E-state index in [-0.39, 0.29) is 11.4 Å². The monoisotopic (exact) mass is 248 g/mol. The van der Waals surface area contributed by atoms with Crippen molar-refractivity contribution in [3.63, 3.8) is 0 Å². The molecule has 8 heteroatoms. The Balaban J connectivity index is 2.71. The Morgan fingerprint density at radius 2 is 2.31 bits per heavy atom. The van der Waals surface area contributed by atoms with Gasteiger partial charge in [0, 0.05) is 12.6 Å². The first-order valence-electron chi connectivity index (χ1n) is 4.78. The second-order valence-electron chi connectivity index (χ2n) is 3.62. The summed E-state index contributed by atoms with van der Waals surface area (Å²) in [5.41, 5.74) is 5.97. The molecule has 92 valence electrons. The number of nitrogens with zero attached hydrogens (tertiary/aromatic N) is 1. The van der Waals surface area contributed by atoms with Crippen molar-refractivity contribution < 1.29 is 13.5 Å². The zero-order valence-corrected chi connectivity index (χ0v) is 9.95. The maximum absolute atomic E-state index is 11.7. The van der Waals surface area contributed by atoms with Crippen molar-refractivity contribution in [2.24, 2.45) is 5.73 Å². The van der Waals surface area contributed by atoms with Gasteiger partial charge >= 0.3 is 0 Å². The molecule has 0 amide bonds. The van der Waals surface area contributed by atoms with Gasteiger partial charge in [-0.1, -0.05) is 0 Å². The van der Waals surface area contributed by atoms with Crippen LogP contribution in [0.3, 0.4) is 0 Å². The highest BCUT2D eigenvalue weighted by Gasteiger charge is 2.20. The van der Waals surface area contributed by atoms with E-state index >= 15 is 0 Å². The molecular formula is C8H16N4O3S. The Morgan fingerprint density at radius 3 is 2.75 bits per heavy atom. The molecule has 16 heavy (non-hydrogen) atoms. The van der Waals surface area contributed by atoms with Crippen LogP contribution in [0.5, 0.6) is 0 Å². The summed E-state index contributed by atoms with van der Waals surface area (Å²) in [7, 11) is -3.61. The molecule has 0 saturated heterocycles. The zero-order valence-electron chi connectivity index (χ0n) is 9.14. The van der Waals surface area contributed by atoms with Gasteiger partial charge in [-0.05, 0) is 13.8 Å². The number of sulfonamides is 1. The SMILES string of the molecule is Cc1[nH]ncc1S(=O)(=O)NCC(N)C(C)O. The van der Waals surface area contributed by atoms with E-state index in [1.807, 2.05) is 0 Å². The molecule has 1 heterocycles. The average Bonchev–Trinajstić information content (AvgIpc) is 2.61. The van der Waals surface area contributed by atoms with E-state index in [2.05, 4.69) is 14.9 Å². The lowest BCUT2D eigenvalue weighted by molar-refractivity contribution is 0.164. The second kappa shape index (κ2) is 4.91.